The number of aromatic nitrogens is 2. The van der Waals surface area contributed by atoms with Crippen molar-refractivity contribution in [2.45, 2.75) is 6.18 Å². The second-order valence-electron chi connectivity index (χ2n) is 6.04. The standard InChI is InChI=1S/C21H13F3N2OS/c22-21(23,24)19-17(26-12-13-28-20(26)25-19)10-11-18(27)16-8-6-15(7-9-16)14-4-2-1-3-5-14/h1-13H. The lowest BCUT2D eigenvalue weighted by molar-refractivity contribution is -0.140. The van der Waals surface area contributed by atoms with E-state index in [2.05, 4.69) is 4.98 Å². The molecular formula is C21H13F3N2OS. The molecule has 7 heteroatoms. The first-order valence-corrected chi connectivity index (χ1v) is 9.22. The number of hydrogen-bond donors (Lipinski definition) is 0. The van der Waals surface area contributed by atoms with Gasteiger partial charge in [-0.1, -0.05) is 54.6 Å². The fraction of sp³-hybridized carbons (Fsp3) is 0.0476. The maximum absolute atomic E-state index is 13.2. The van der Waals surface area contributed by atoms with Crippen LogP contribution in [0.3, 0.4) is 0 Å². The first-order chi connectivity index (χ1) is 13.4. The summed E-state index contributed by atoms with van der Waals surface area (Å²) in [5.74, 6) is -0.377. The summed E-state index contributed by atoms with van der Waals surface area (Å²) in [5, 5.41) is 1.64. The number of halogens is 3. The second-order valence-corrected chi connectivity index (χ2v) is 6.91. The quantitative estimate of drug-likeness (QED) is 0.313. The van der Waals surface area contributed by atoms with Gasteiger partial charge in [-0.2, -0.15) is 13.2 Å². The van der Waals surface area contributed by atoms with Crippen molar-refractivity contribution in [3.05, 3.63) is 89.2 Å². The molecule has 0 radical (unpaired) electrons. The van der Waals surface area contributed by atoms with Crippen molar-refractivity contribution in [2.24, 2.45) is 0 Å². The number of alkyl halides is 3. The van der Waals surface area contributed by atoms with Crippen LogP contribution < -0.4 is 0 Å². The molecular weight excluding hydrogens is 385 g/mol. The highest BCUT2D eigenvalue weighted by Crippen LogP contribution is 2.33. The summed E-state index contributed by atoms with van der Waals surface area (Å²) in [6, 6.07) is 16.6. The Labute approximate surface area is 162 Å². The van der Waals surface area contributed by atoms with E-state index in [9.17, 15) is 18.0 Å². The highest BCUT2D eigenvalue weighted by Gasteiger charge is 2.37. The van der Waals surface area contributed by atoms with E-state index < -0.39 is 11.9 Å². The molecule has 4 rings (SSSR count). The molecule has 0 N–H and O–H groups in total. The van der Waals surface area contributed by atoms with E-state index in [1.807, 2.05) is 42.5 Å². The van der Waals surface area contributed by atoms with Crippen LogP contribution in [0.5, 0.6) is 0 Å². The Morgan fingerprint density at radius 1 is 1.00 bits per heavy atom. The predicted octanol–water partition coefficient (Wildman–Crippen LogP) is 5.98. The van der Waals surface area contributed by atoms with Crippen LogP contribution >= 0.6 is 11.3 Å². The molecule has 2 aromatic carbocycles. The molecule has 0 saturated carbocycles. The summed E-state index contributed by atoms with van der Waals surface area (Å²) < 4.78 is 41.0. The molecule has 2 heterocycles. The summed E-state index contributed by atoms with van der Waals surface area (Å²) in [7, 11) is 0. The van der Waals surface area contributed by atoms with Crippen molar-refractivity contribution in [3.8, 4) is 11.1 Å². The molecule has 0 saturated heterocycles. The molecule has 28 heavy (non-hydrogen) atoms. The van der Waals surface area contributed by atoms with Gasteiger partial charge in [0, 0.05) is 17.1 Å². The molecule has 0 aliphatic heterocycles. The highest BCUT2D eigenvalue weighted by atomic mass is 32.1. The number of rotatable bonds is 4. The zero-order valence-electron chi connectivity index (χ0n) is 14.4. The average molecular weight is 398 g/mol. The SMILES string of the molecule is O=C(C=Cc1c(C(F)(F)F)nc2sccn12)c1ccc(-c2ccccc2)cc1. The number of ketones is 1. The fourth-order valence-corrected chi connectivity index (χ4v) is 3.60. The zero-order chi connectivity index (χ0) is 19.7. The maximum atomic E-state index is 13.2. The Morgan fingerprint density at radius 2 is 1.68 bits per heavy atom. The van der Waals surface area contributed by atoms with E-state index in [-0.39, 0.29) is 16.4 Å². The molecule has 0 fully saturated rings. The number of carbonyl (C=O) groups is 1. The Bertz CT molecular complexity index is 1160. The molecule has 0 aliphatic rings. The van der Waals surface area contributed by atoms with Gasteiger partial charge in [-0.15, -0.1) is 11.3 Å². The Balaban J connectivity index is 1.61. The monoisotopic (exact) mass is 398 g/mol. The number of carbonyl (C=O) groups excluding carboxylic acids is 1. The highest BCUT2D eigenvalue weighted by molar-refractivity contribution is 7.15. The number of hydrogen-bond acceptors (Lipinski definition) is 3. The van der Waals surface area contributed by atoms with Crippen LogP contribution in [0.4, 0.5) is 13.2 Å². The van der Waals surface area contributed by atoms with Crippen LogP contribution in [0.25, 0.3) is 22.2 Å². The number of fused-ring (bicyclic) bond motifs is 1. The van der Waals surface area contributed by atoms with Gasteiger partial charge in [0.15, 0.2) is 16.4 Å². The van der Waals surface area contributed by atoms with Gasteiger partial charge in [-0.3, -0.25) is 9.20 Å². The Morgan fingerprint density at radius 3 is 2.36 bits per heavy atom. The number of allylic oxidation sites excluding steroid dienone is 1. The van der Waals surface area contributed by atoms with E-state index in [4.69, 9.17) is 0 Å². The number of thiazole rings is 1. The van der Waals surface area contributed by atoms with Crippen molar-refractivity contribution in [1.82, 2.24) is 9.38 Å². The van der Waals surface area contributed by atoms with Gasteiger partial charge < -0.3 is 0 Å². The first kappa shape index (κ1) is 18.2. The molecule has 140 valence electrons. The summed E-state index contributed by atoms with van der Waals surface area (Å²) in [6.07, 6.45) is -0.774. The second kappa shape index (κ2) is 7.09. The lowest BCUT2D eigenvalue weighted by Crippen LogP contribution is -2.08. The van der Waals surface area contributed by atoms with Crippen molar-refractivity contribution >= 4 is 28.2 Å². The summed E-state index contributed by atoms with van der Waals surface area (Å²) in [4.78, 5) is 16.3. The third kappa shape index (κ3) is 3.48. The van der Waals surface area contributed by atoms with Gasteiger partial charge in [-0.05, 0) is 23.3 Å². The molecule has 3 nitrogen and oxygen atoms in total. The zero-order valence-corrected chi connectivity index (χ0v) is 15.2. The largest absolute Gasteiger partial charge is 0.435 e. The van der Waals surface area contributed by atoms with Gasteiger partial charge in [0.05, 0.1) is 5.69 Å². The molecule has 0 unspecified atom stereocenters. The topological polar surface area (TPSA) is 34.4 Å². The molecule has 0 bridgehead atoms. The lowest BCUT2D eigenvalue weighted by Gasteiger charge is -2.04. The van der Waals surface area contributed by atoms with Gasteiger partial charge in [0.1, 0.15) is 0 Å². The summed E-state index contributed by atoms with van der Waals surface area (Å²) in [6.45, 7) is 0. The van der Waals surface area contributed by atoms with E-state index in [1.165, 1.54) is 16.7 Å². The smallest absolute Gasteiger partial charge is 0.290 e. The molecule has 0 atom stereocenters. The van der Waals surface area contributed by atoms with Crippen LogP contribution in [0.1, 0.15) is 21.7 Å². The minimum absolute atomic E-state index is 0.155. The lowest BCUT2D eigenvalue weighted by atomic mass is 10.0. The summed E-state index contributed by atoms with van der Waals surface area (Å²) in [5.41, 5.74) is 1.22. The van der Waals surface area contributed by atoms with E-state index in [1.54, 1.807) is 17.5 Å². The van der Waals surface area contributed by atoms with Crippen LogP contribution in [0.15, 0.2) is 72.3 Å². The van der Waals surface area contributed by atoms with Gasteiger partial charge >= 0.3 is 6.18 Å². The normalized spacial score (nSPS) is 12.1. The van der Waals surface area contributed by atoms with Crippen LogP contribution in [0.2, 0.25) is 0 Å². The Hall–Kier alpha value is -3.19. The number of benzene rings is 2. The third-order valence-electron chi connectivity index (χ3n) is 4.24. The molecule has 4 aromatic rings. The first-order valence-electron chi connectivity index (χ1n) is 8.34. The maximum Gasteiger partial charge on any atom is 0.435 e. The molecule has 0 aliphatic carbocycles. The van der Waals surface area contributed by atoms with Gasteiger partial charge in [-0.25, -0.2) is 4.98 Å². The van der Waals surface area contributed by atoms with Crippen LogP contribution in [-0.4, -0.2) is 15.2 Å². The van der Waals surface area contributed by atoms with Crippen molar-refractivity contribution in [1.29, 1.82) is 0 Å². The fourth-order valence-electron chi connectivity index (χ4n) is 2.88. The predicted molar refractivity (Wildman–Crippen MR) is 103 cm³/mol. The third-order valence-corrected chi connectivity index (χ3v) is 4.99. The van der Waals surface area contributed by atoms with Crippen LogP contribution in [-0.2, 0) is 6.18 Å². The van der Waals surface area contributed by atoms with Gasteiger partial charge in [0.25, 0.3) is 0 Å². The Kier molecular flexibility index (Phi) is 4.60. The summed E-state index contributed by atoms with van der Waals surface area (Å²) >= 11 is 1.10. The molecule has 2 aromatic heterocycles. The molecule has 0 amide bonds. The van der Waals surface area contributed by atoms with E-state index in [0.29, 0.717) is 5.56 Å². The van der Waals surface area contributed by atoms with Crippen molar-refractivity contribution in [3.63, 3.8) is 0 Å². The van der Waals surface area contributed by atoms with Gasteiger partial charge in [0.2, 0.25) is 0 Å². The molecule has 0 spiro atoms. The number of imidazole rings is 1. The average Bonchev–Trinajstić information content (AvgIpc) is 3.28. The number of nitrogens with zero attached hydrogens (tertiary/aromatic N) is 2. The van der Waals surface area contributed by atoms with Crippen molar-refractivity contribution in [2.75, 3.05) is 0 Å². The van der Waals surface area contributed by atoms with E-state index in [0.717, 1.165) is 28.5 Å². The van der Waals surface area contributed by atoms with E-state index >= 15 is 0 Å². The minimum Gasteiger partial charge on any atom is -0.290 e. The van der Waals surface area contributed by atoms with Crippen LogP contribution in [0, 0.1) is 0 Å². The minimum atomic E-state index is -4.59. The van der Waals surface area contributed by atoms with Crippen molar-refractivity contribution < 1.29 is 18.0 Å².